The number of ether oxygens (including phenoxy) is 1. The van der Waals surface area contributed by atoms with E-state index in [-0.39, 0.29) is 18.4 Å². The number of carboxylic acids is 1. The highest BCUT2D eigenvalue weighted by atomic mass is 16.6. The van der Waals surface area contributed by atoms with Crippen LogP contribution in [0.1, 0.15) is 5.56 Å². The van der Waals surface area contributed by atoms with Gasteiger partial charge in [0.15, 0.2) is 0 Å². The Morgan fingerprint density at radius 1 is 1.25 bits per heavy atom. The number of aliphatic carboxylic acids is 1. The highest BCUT2D eigenvalue weighted by molar-refractivity contribution is 5.82. The van der Waals surface area contributed by atoms with Crippen LogP contribution in [0.15, 0.2) is 42.5 Å². The topological polar surface area (TPSA) is 66.8 Å². The van der Waals surface area contributed by atoms with Gasteiger partial charge in [0.25, 0.3) is 0 Å². The van der Waals surface area contributed by atoms with Crippen molar-refractivity contribution in [3.05, 3.63) is 48.0 Å². The van der Waals surface area contributed by atoms with E-state index in [1.807, 2.05) is 42.5 Å². The number of likely N-dealkylation sites (tertiary alicyclic amines) is 1. The lowest BCUT2D eigenvalue weighted by Gasteiger charge is -2.24. The lowest BCUT2D eigenvalue weighted by atomic mass is 9.81. The van der Waals surface area contributed by atoms with Crippen LogP contribution in [0.25, 0.3) is 0 Å². The van der Waals surface area contributed by atoms with Gasteiger partial charge >= 0.3 is 12.1 Å². The number of nitrogens with zero attached hydrogens (tertiary/aromatic N) is 1. The minimum absolute atomic E-state index is 0.0724. The molecule has 5 heteroatoms. The highest BCUT2D eigenvalue weighted by Gasteiger charge is 2.49. The summed E-state index contributed by atoms with van der Waals surface area (Å²) in [5.41, 5.74) is 0.882. The standard InChI is InChI=1S/C15H15NO4/c17-14(18)13-12-7-6-11(12)8-16(13)15(19)20-9-10-4-2-1-3-5-10/h1-7,11-13H,8-9H2,(H,17,18). The van der Waals surface area contributed by atoms with E-state index in [1.54, 1.807) is 0 Å². The molecular weight excluding hydrogens is 258 g/mol. The smallest absolute Gasteiger partial charge is 0.410 e. The Balaban J connectivity index is 1.64. The van der Waals surface area contributed by atoms with Crippen molar-refractivity contribution in [2.24, 2.45) is 11.8 Å². The second-order valence-corrected chi connectivity index (χ2v) is 5.10. The molecule has 20 heavy (non-hydrogen) atoms. The van der Waals surface area contributed by atoms with Gasteiger partial charge in [-0.1, -0.05) is 42.5 Å². The normalized spacial score (nSPS) is 26.8. The Bertz CT molecular complexity index is 554. The first-order chi connectivity index (χ1) is 9.66. The lowest BCUT2D eigenvalue weighted by Crippen LogP contribution is -2.43. The number of amides is 1. The average molecular weight is 273 g/mol. The van der Waals surface area contributed by atoms with E-state index in [0.29, 0.717) is 6.54 Å². The maximum Gasteiger partial charge on any atom is 0.410 e. The summed E-state index contributed by atoms with van der Waals surface area (Å²) in [6.45, 7) is 0.580. The molecule has 0 radical (unpaired) electrons. The SMILES string of the molecule is O=C(O)C1C2C=CC2CN1C(=O)OCc1ccccc1. The van der Waals surface area contributed by atoms with Crippen LogP contribution < -0.4 is 0 Å². The molecule has 1 aromatic carbocycles. The van der Waals surface area contributed by atoms with Crippen molar-refractivity contribution in [1.82, 2.24) is 4.90 Å². The predicted molar refractivity (Wildman–Crippen MR) is 70.9 cm³/mol. The fourth-order valence-corrected chi connectivity index (χ4v) is 2.76. The second-order valence-electron chi connectivity index (χ2n) is 5.10. The number of carboxylic acid groups (broad SMARTS) is 1. The van der Waals surface area contributed by atoms with Gasteiger partial charge in [-0.2, -0.15) is 0 Å². The molecule has 0 saturated carbocycles. The third-order valence-corrected chi connectivity index (χ3v) is 3.88. The number of hydrogen-bond acceptors (Lipinski definition) is 3. The first-order valence-electron chi connectivity index (χ1n) is 6.55. The maximum atomic E-state index is 12.1. The zero-order chi connectivity index (χ0) is 14.1. The van der Waals surface area contributed by atoms with Crippen LogP contribution in [-0.2, 0) is 16.1 Å². The molecule has 0 spiro atoms. The molecular formula is C15H15NO4. The number of carbonyl (C=O) groups is 2. The molecule has 0 bridgehead atoms. The molecule has 1 aliphatic heterocycles. The summed E-state index contributed by atoms with van der Waals surface area (Å²) in [5.74, 6) is -0.893. The first-order valence-corrected chi connectivity index (χ1v) is 6.55. The lowest BCUT2D eigenvalue weighted by molar-refractivity contribution is -0.142. The van der Waals surface area contributed by atoms with Crippen LogP contribution in [-0.4, -0.2) is 34.7 Å². The van der Waals surface area contributed by atoms with Gasteiger partial charge in [-0.15, -0.1) is 0 Å². The number of rotatable bonds is 3. The monoisotopic (exact) mass is 273 g/mol. The zero-order valence-electron chi connectivity index (χ0n) is 10.8. The van der Waals surface area contributed by atoms with E-state index in [2.05, 4.69) is 0 Å². The summed E-state index contributed by atoms with van der Waals surface area (Å²) >= 11 is 0. The van der Waals surface area contributed by atoms with Gasteiger partial charge in [-0.05, 0) is 5.56 Å². The molecule has 1 aromatic rings. The number of fused-ring (bicyclic) bond motifs is 1. The fourth-order valence-electron chi connectivity index (χ4n) is 2.76. The Morgan fingerprint density at radius 3 is 2.60 bits per heavy atom. The van der Waals surface area contributed by atoms with Crippen molar-refractivity contribution in [3.8, 4) is 0 Å². The van der Waals surface area contributed by atoms with Gasteiger partial charge in [-0.3, -0.25) is 4.90 Å². The molecule has 1 amide bonds. The molecule has 104 valence electrons. The highest BCUT2D eigenvalue weighted by Crippen LogP contribution is 2.39. The largest absolute Gasteiger partial charge is 0.480 e. The molecule has 3 atom stereocenters. The minimum atomic E-state index is -0.974. The van der Waals surface area contributed by atoms with E-state index >= 15 is 0 Å². The second kappa shape index (κ2) is 5.00. The van der Waals surface area contributed by atoms with E-state index in [9.17, 15) is 14.7 Å². The Hall–Kier alpha value is -2.30. The summed E-state index contributed by atoms with van der Waals surface area (Å²) in [6, 6.07) is 8.53. The average Bonchev–Trinajstić information content (AvgIpc) is 2.69. The van der Waals surface area contributed by atoms with Gasteiger partial charge in [-0.25, -0.2) is 9.59 Å². The Kier molecular flexibility index (Phi) is 3.18. The summed E-state index contributed by atoms with van der Waals surface area (Å²) in [5, 5.41) is 9.26. The Morgan fingerprint density at radius 2 is 2.00 bits per heavy atom. The number of benzene rings is 1. The molecule has 5 nitrogen and oxygen atoms in total. The van der Waals surface area contributed by atoms with Crippen molar-refractivity contribution in [2.45, 2.75) is 12.6 Å². The van der Waals surface area contributed by atoms with E-state index in [0.717, 1.165) is 5.56 Å². The van der Waals surface area contributed by atoms with Crippen LogP contribution in [0.4, 0.5) is 4.79 Å². The molecule has 1 fully saturated rings. The minimum Gasteiger partial charge on any atom is -0.480 e. The van der Waals surface area contributed by atoms with Crippen LogP contribution in [0.5, 0.6) is 0 Å². The number of hydrogen-bond donors (Lipinski definition) is 1. The van der Waals surface area contributed by atoms with Crippen LogP contribution >= 0.6 is 0 Å². The third kappa shape index (κ3) is 2.15. The molecule has 1 N–H and O–H groups in total. The van der Waals surface area contributed by atoms with Gasteiger partial charge in [0, 0.05) is 18.4 Å². The van der Waals surface area contributed by atoms with Crippen molar-refractivity contribution in [3.63, 3.8) is 0 Å². The van der Waals surface area contributed by atoms with Crippen molar-refractivity contribution in [2.75, 3.05) is 6.54 Å². The van der Waals surface area contributed by atoms with Gasteiger partial charge in [0.05, 0.1) is 0 Å². The summed E-state index contributed by atoms with van der Waals surface area (Å²) in [7, 11) is 0. The zero-order valence-corrected chi connectivity index (χ0v) is 10.8. The van der Waals surface area contributed by atoms with Gasteiger partial charge in [0.2, 0.25) is 0 Å². The predicted octanol–water partition coefficient (Wildman–Crippen LogP) is 1.89. The van der Waals surface area contributed by atoms with Gasteiger partial charge in [0.1, 0.15) is 12.6 Å². The Labute approximate surface area is 116 Å². The summed E-state index contributed by atoms with van der Waals surface area (Å²) in [6.07, 6.45) is 3.25. The van der Waals surface area contributed by atoms with Crippen LogP contribution in [0.3, 0.4) is 0 Å². The van der Waals surface area contributed by atoms with Gasteiger partial charge < -0.3 is 9.84 Å². The fraction of sp³-hybridized carbons (Fsp3) is 0.333. The van der Waals surface area contributed by atoms with Crippen LogP contribution in [0.2, 0.25) is 0 Å². The number of carbonyl (C=O) groups excluding carboxylic acids is 1. The third-order valence-electron chi connectivity index (χ3n) is 3.88. The van der Waals surface area contributed by atoms with Crippen molar-refractivity contribution < 1.29 is 19.4 Å². The maximum absolute atomic E-state index is 12.1. The van der Waals surface area contributed by atoms with E-state index in [1.165, 1.54) is 4.90 Å². The van der Waals surface area contributed by atoms with Crippen molar-refractivity contribution in [1.29, 1.82) is 0 Å². The molecule has 3 unspecified atom stereocenters. The van der Waals surface area contributed by atoms with E-state index < -0.39 is 18.1 Å². The summed E-state index contributed by atoms with van der Waals surface area (Å²) in [4.78, 5) is 24.7. The molecule has 0 aromatic heterocycles. The molecule has 3 rings (SSSR count). The van der Waals surface area contributed by atoms with Crippen LogP contribution in [0, 0.1) is 11.8 Å². The van der Waals surface area contributed by atoms with E-state index in [4.69, 9.17) is 4.74 Å². The molecule has 1 saturated heterocycles. The quantitative estimate of drug-likeness (QED) is 0.854. The summed E-state index contributed by atoms with van der Waals surface area (Å²) < 4.78 is 5.21. The molecule has 2 aliphatic rings. The molecule has 1 aliphatic carbocycles. The van der Waals surface area contributed by atoms with Crippen molar-refractivity contribution >= 4 is 12.1 Å². The molecule has 1 heterocycles. The first kappa shape index (κ1) is 12.7.